The van der Waals surface area contributed by atoms with E-state index in [1.54, 1.807) is 45.0 Å². The fourth-order valence-corrected chi connectivity index (χ4v) is 2.96. The van der Waals surface area contributed by atoms with Gasteiger partial charge in [-0.25, -0.2) is 10.2 Å². The molecule has 29 heavy (non-hydrogen) atoms. The summed E-state index contributed by atoms with van der Waals surface area (Å²) in [6.07, 6.45) is 0. The lowest BCUT2D eigenvalue weighted by Crippen LogP contribution is -2.41. The molecule has 0 radical (unpaired) electrons. The number of aryl methyl sites for hydroxylation is 1. The number of nitrogens with two attached hydrogens (primary N) is 1. The second-order valence-corrected chi connectivity index (χ2v) is 7.99. The highest BCUT2D eigenvalue weighted by molar-refractivity contribution is 8.26. The van der Waals surface area contributed by atoms with Crippen LogP contribution in [-0.2, 0) is 9.53 Å². The number of hydrogen-bond donors (Lipinski definition) is 2. The Bertz CT molecular complexity index is 861. The van der Waals surface area contributed by atoms with Gasteiger partial charge in [0.15, 0.2) is 12.2 Å². The first-order valence-corrected chi connectivity index (χ1v) is 10.1. The standard InChI is InChI=1S/C22H26N2O4S/c1-5-26-21(25)22(3,4)28-18-12-10-17(11-13-18)27-14-19(23)29-20(24)16-8-6-15(2)7-9-16/h6-13,23-24H,5,14H2,1-4H3/p+1. The lowest BCUT2D eigenvalue weighted by atomic mass is 10.1. The second kappa shape index (κ2) is 10.1. The number of nitrogens with one attached hydrogen (secondary N) is 1. The van der Waals surface area contributed by atoms with Crippen molar-refractivity contribution in [3.63, 3.8) is 0 Å². The Kier molecular flexibility index (Phi) is 7.84. The van der Waals surface area contributed by atoms with Gasteiger partial charge in [-0.2, -0.15) is 0 Å². The normalized spacial score (nSPS) is 10.9. The molecule has 0 unspecified atom stereocenters. The largest absolute Gasteiger partial charge is 0.482 e. The highest BCUT2D eigenvalue weighted by atomic mass is 32.2. The van der Waals surface area contributed by atoms with Crippen LogP contribution in [0, 0.1) is 12.3 Å². The summed E-state index contributed by atoms with van der Waals surface area (Å²) < 4.78 is 16.4. The summed E-state index contributed by atoms with van der Waals surface area (Å²) in [7, 11) is 0. The lowest BCUT2D eigenvalue weighted by Gasteiger charge is -2.24. The van der Waals surface area contributed by atoms with Gasteiger partial charge in [-0.15, -0.1) is 0 Å². The lowest BCUT2D eigenvalue weighted by molar-refractivity contribution is -0.158. The van der Waals surface area contributed by atoms with Gasteiger partial charge >= 0.3 is 5.97 Å². The SMILES string of the molecule is CCOC(=O)C(C)(C)Oc1ccc(OCC(=[NH2+])SC(=N)c2ccc(C)cc2)cc1. The Morgan fingerprint density at radius 2 is 1.66 bits per heavy atom. The first kappa shape index (κ1) is 22.5. The molecule has 0 aliphatic carbocycles. The smallest absolute Gasteiger partial charge is 0.349 e. The van der Waals surface area contributed by atoms with Crippen molar-refractivity contribution in [2.24, 2.45) is 0 Å². The molecule has 2 aromatic rings. The number of carbonyl (C=O) groups excluding carboxylic acids is 1. The van der Waals surface area contributed by atoms with E-state index in [1.807, 2.05) is 31.2 Å². The van der Waals surface area contributed by atoms with Gasteiger partial charge in [-0.3, -0.25) is 5.41 Å². The molecule has 0 atom stereocenters. The van der Waals surface area contributed by atoms with E-state index in [0.29, 0.717) is 28.2 Å². The second-order valence-electron chi connectivity index (χ2n) is 6.86. The zero-order valence-electron chi connectivity index (χ0n) is 17.2. The van der Waals surface area contributed by atoms with Crippen LogP contribution in [-0.4, -0.2) is 34.9 Å². The Morgan fingerprint density at radius 1 is 1.07 bits per heavy atom. The number of carbonyl (C=O) groups is 1. The van der Waals surface area contributed by atoms with Crippen molar-refractivity contribution >= 4 is 27.8 Å². The summed E-state index contributed by atoms with van der Waals surface area (Å²) in [6, 6.07) is 14.6. The summed E-state index contributed by atoms with van der Waals surface area (Å²) in [6.45, 7) is 7.55. The number of rotatable bonds is 8. The van der Waals surface area contributed by atoms with Crippen molar-refractivity contribution in [2.45, 2.75) is 33.3 Å². The minimum Gasteiger partial charge on any atom is -0.482 e. The maximum atomic E-state index is 11.9. The Hall–Kier alpha value is -2.80. The average Bonchev–Trinajstić information content (AvgIpc) is 2.68. The topological polar surface area (TPSA) is 94.2 Å². The Morgan fingerprint density at radius 3 is 2.24 bits per heavy atom. The van der Waals surface area contributed by atoms with Crippen LogP contribution < -0.4 is 14.9 Å². The predicted molar refractivity (Wildman–Crippen MR) is 116 cm³/mol. The molecule has 0 heterocycles. The third-order valence-electron chi connectivity index (χ3n) is 3.89. The van der Waals surface area contributed by atoms with E-state index in [1.165, 1.54) is 11.8 Å². The molecule has 154 valence electrons. The fourth-order valence-electron chi connectivity index (χ4n) is 2.32. The van der Waals surface area contributed by atoms with Gasteiger partial charge in [0.25, 0.3) is 5.04 Å². The molecule has 0 bridgehead atoms. The van der Waals surface area contributed by atoms with E-state index >= 15 is 0 Å². The van der Waals surface area contributed by atoms with Crippen molar-refractivity contribution in [1.29, 1.82) is 5.41 Å². The number of thioether (sulfide) groups is 1. The summed E-state index contributed by atoms with van der Waals surface area (Å²) in [5.41, 5.74) is 0.878. The predicted octanol–water partition coefficient (Wildman–Crippen LogP) is 3.01. The van der Waals surface area contributed by atoms with Crippen LogP contribution in [0.25, 0.3) is 0 Å². The minimum absolute atomic E-state index is 0.174. The maximum Gasteiger partial charge on any atom is 0.349 e. The summed E-state index contributed by atoms with van der Waals surface area (Å²) >= 11 is 1.17. The molecule has 6 nitrogen and oxygen atoms in total. The van der Waals surface area contributed by atoms with Crippen LogP contribution in [0.1, 0.15) is 31.9 Å². The van der Waals surface area contributed by atoms with Gasteiger partial charge in [-0.05, 0) is 63.7 Å². The summed E-state index contributed by atoms with van der Waals surface area (Å²) in [5, 5.41) is 15.0. The van der Waals surface area contributed by atoms with Gasteiger partial charge in [0, 0.05) is 5.56 Å². The summed E-state index contributed by atoms with van der Waals surface area (Å²) in [5.74, 6) is 0.718. The third-order valence-corrected chi connectivity index (χ3v) is 4.71. The van der Waals surface area contributed by atoms with Crippen molar-refractivity contribution in [2.75, 3.05) is 13.2 Å². The van der Waals surface area contributed by atoms with Crippen LogP contribution in [0.2, 0.25) is 0 Å². The van der Waals surface area contributed by atoms with E-state index in [2.05, 4.69) is 0 Å². The first-order chi connectivity index (χ1) is 13.7. The van der Waals surface area contributed by atoms with Crippen molar-refractivity contribution in [3.05, 3.63) is 59.7 Å². The number of benzene rings is 2. The van der Waals surface area contributed by atoms with Crippen LogP contribution in [0.4, 0.5) is 0 Å². The molecular weight excluding hydrogens is 388 g/mol. The molecule has 0 saturated heterocycles. The maximum absolute atomic E-state index is 11.9. The Balaban J connectivity index is 1.85. The first-order valence-electron chi connectivity index (χ1n) is 9.25. The number of ether oxygens (including phenoxy) is 3. The molecule has 0 spiro atoms. The van der Waals surface area contributed by atoms with Crippen molar-refractivity contribution < 1.29 is 24.4 Å². The van der Waals surface area contributed by atoms with E-state index in [9.17, 15) is 4.79 Å². The minimum atomic E-state index is -1.08. The highest BCUT2D eigenvalue weighted by Gasteiger charge is 2.31. The summed E-state index contributed by atoms with van der Waals surface area (Å²) in [4.78, 5) is 11.9. The molecule has 0 aliphatic heterocycles. The zero-order valence-corrected chi connectivity index (χ0v) is 18.0. The van der Waals surface area contributed by atoms with Gasteiger partial charge < -0.3 is 14.2 Å². The van der Waals surface area contributed by atoms with Gasteiger partial charge in [0.1, 0.15) is 16.5 Å². The van der Waals surface area contributed by atoms with E-state index in [-0.39, 0.29) is 6.61 Å². The fraction of sp³-hybridized carbons (Fsp3) is 0.318. The number of hydrogen-bond acceptors (Lipinski definition) is 6. The average molecular weight is 416 g/mol. The van der Waals surface area contributed by atoms with Crippen molar-refractivity contribution in [3.8, 4) is 11.5 Å². The van der Waals surface area contributed by atoms with Gasteiger partial charge in [0.05, 0.1) is 6.61 Å². The molecule has 2 rings (SSSR count). The van der Waals surface area contributed by atoms with Crippen molar-refractivity contribution in [1.82, 2.24) is 0 Å². The molecule has 3 N–H and O–H groups in total. The van der Waals surface area contributed by atoms with Crippen LogP contribution in [0.5, 0.6) is 11.5 Å². The van der Waals surface area contributed by atoms with E-state index < -0.39 is 11.6 Å². The van der Waals surface area contributed by atoms with Gasteiger partial charge in [-0.1, -0.05) is 29.8 Å². The number of esters is 1. The van der Waals surface area contributed by atoms with Crippen LogP contribution in [0.3, 0.4) is 0 Å². The third kappa shape index (κ3) is 6.94. The molecule has 2 aromatic carbocycles. The van der Waals surface area contributed by atoms with Gasteiger partial charge in [0.2, 0.25) is 0 Å². The quantitative estimate of drug-likeness (QED) is 0.393. The zero-order chi connectivity index (χ0) is 21.4. The van der Waals surface area contributed by atoms with E-state index in [4.69, 9.17) is 25.0 Å². The van der Waals surface area contributed by atoms with Crippen LogP contribution in [0.15, 0.2) is 48.5 Å². The molecule has 0 fully saturated rings. The molecule has 7 heteroatoms. The highest BCUT2D eigenvalue weighted by Crippen LogP contribution is 2.23. The molecule has 0 aliphatic rings. The molecular formula is C22H27N2O4S+. The van der Waals surface area contributed by atoms with Crippen LogP contribution >= 0.6 is 11.8 Å². The van der Waals surface area contributed by atoms with E-state index in [0.717, 1.165) is 11.1 Å². The Labute approximate surface area is 175 Å². The molecule has 0 saturated carbocycles. The monoisotopic (exact) mass is 415 g/mol. The molecule has 0 aromatic heterocycles. The molecule has 0 amide bonds.